The van der Waals surface area contributed by atoms with Crippen LogP contribution in [0.1, 0.15) is 45.8 Å². The number of hydrogen-bond acceptors (Lipinski definition) is 8. The van der Waals surface area contributed by atoms with Crippen molar-refractivity contribution >= 4 is 40.1 Å². The Bertz CT molecular complexity index is 1760. The second-order valence-corrected chi connectivity index (χ2v) is 12.7. The van der Waals surface area contributed by atoms with Crippen molar-refractivity contribution in [1.29, 1.82) is 5.26 Å². The van der Waals surface area contributed by atoms with Gasteiger partial charge in [0.15, 0.2) is 5.82 Å². The number of aryl methyl sites for hydroxylation is 3. The first kappa shape index (κ1) is 30.5. The van der Waals surface area contributed by atoms with E-state index in [1.54, 1.807) is 43.7 Å². The monoisotopic (exact) mass is 625 g/mol. The van der Waals surface area contributed by atoms with E-state index in [1.807, 2.05) is 18.2 Å². The lowest BCUT2D eigenvalue weighted by atomic mass is 10.1. The Hall–Kier alpha value is -4.53. The fraction of sp³-hybridized carbons (Fsp3) is 0.353. The van der Waals surface area contributed by atoms with Crippen LogP contribution in [-0.2, 0) is 19.9 Å². The summed E-state index contributed by atoms with van der Waals surface area (Å²) in [6, 6.07) is 14.4. The van der Waals surface area contributed by atoms with Crippen LogP contribution in [0, 0.1) is 17.1 Å². The molecule has 6 rings (SSSR count). The van der Waals surface area contributed by atoms with Gasteiger partial charge in [-0.25, -0.2) is 9.37 Å². The molecule has 11 heteroatoms. The quantitative estimate of drug-likeness (QED) is 0.233. The number of piperazine rings is 1. The molecule has 9 nitrogen and oxygen atoms in total. The molecule has 1 saturated heterocycles. The summed E-state index contributed by atoms with van der Waals surface area (Å²) < 4.78 is 17.3. The van der Waals surface area contributed by atoms with Crippen LogP contribution in [-0.4, -0.2) is 53.1 Å². The third kappa shape index (κ3) is 6.92. The number of anilines is 4. The molecule has 1 amide bonds. The minimum absolute atomic E-state index is 0.0904. The van der Waals surface area contributed by atoms with Crippen molar-refractivity contribution in [3.8, 4) is 17.2 Å². The van der Waals surface area contributed by atoms with E-state index in [2.05, 4.69) is 31.5 Å². The van der Waals surface area contributed by atoms with Gasteiger partial charge in [0.2, 0.25) is 0 Å². The first-order chi connectivity index (χ1) is 21.9. The topological polar surface area (TPSA) is 106 Å². The Kier molecular flexibility index (Phi) is 9.23. The number of rotatable bonds is 8. The second kappa shape index (κ2) is 13.6. The highest BCUT2D eigenvalue weighted by Crippen LogP contribution is 2.32. The molecule has 1 aromatic carbocycles. The molecule has 0 bridgehead atoms. The predicted molar refractivity (Wildman–Crippen MR) is 177 cm³/mol. The average molecular weight is 626 g/mol. The molecule has 1 aliphatic heterocycles. The van der Waals surface area contributed by atoms with E-state index in [4.69, 9.17) is 5.26 Å². The van der Waals surface area contributed by atoms with Crippen molar-refractivity contribution in [3.05, 3.63) is 86.3 Å². The fourth-order valence-corrected chi connectivity index (χ4v) is 7.13. The highest BCUT2D eigenvalue weighted by Gasteiger charge is 2.20. The molecule has 4 aromatic rings. The molecule has 232 valence electrons. The lowest BCUT2D eigenvalue weighted by Gasteiger charge is -2.35. The van der Waals surface area contributed by atoms with Gasteiger partial charge in [0.05, 0.1) is 28.5 Å². The number of carbonyl (C=O) groups excluding carboxylic acids is 1. The summed E-state index contributed by atoms with van der Waals surface area (Å²) in [7, 11) is 1.62. The molecule has 2 N–H and O–H groups in total. The summed E-state index contributed by atoms with van der Waals surface area (Å²) in [5.74, 6) is -0.386. The molecule has 0 saturated carbocycles. The summed E-state index contributed by atoms with van der Waals surface area (Å²) in [6.07, 6.45) is 9.33. The van der Waals surface area contributed by atoms with Gasteiger partial charge in [-0.15, -0.1) is 11.3 Å². The molecule has 0 spiro atoms. The Morgan fingerprint density at radius 1 is 1.07 bits per heavy atom. The maximum atomic E-state index is 15.9. The van der Waals surface area contributed by atoms with Gasteiger partial charge < -0.3 is 20.1 Å². The Morgan fingerprint density at radius 3 is 2.67 bits per heavy atom. The van der Waals surface area contributed by atoms with E-state index < -0.39 is 5.82 Å². The van der Waals surface area contributed by atoms with Gasteiger partial charge in [-0.05, 0) is 61.6 Å². The van der Waals surface area contributed by atoms with E-state index >= 15 is 4.39 Å². The highest BCUT2D eigenvalue weighted by molar-refractivity contribution is 7.14. The predicted octanol–water partition coefficient (Wildman–Crippen LogP) is 5.95. The van der Waals surface area contributed by atoms with Crippen LogP contribution in [0.15, 0.2) is 59.7 Å². The lowest BCUT2D eigenvalue weighted by Crippen LogP contribution is -2.46. The van der Waals surface area contributed by atoms with Crippen LogP contribution in [0.3, 0.4) is 0 Å². The number of aromatic nitrogens is 2. The fourth-order valence-electron chi connectivity index (χ4n) is 5.99. The molecule has 1 fully saturated rings. The summed E-state index contributed by atoms with van der Waals surface area (Å²) in [6.45, 7) is 4.27. The van der Waals surface area contributed by atoms with Crippen LogP contribution < -0.4 is 21.1 Å². The van der Waals surface area contributed by atoms with Crippen molar-refractivity contribution in [2.45, 2.75) is 38.5 Å². The third-order valence-electron chi connectivity index (χ3n) is 8.50. The molecule has 0 atom stereocenters. The molecular formula is C34H36FN7O2S. The number of benzene rings is 1. The van der Waals surface area contributed by atoms with Gasteiger partial charge in [-0.1, -0.05) is 18.6 Å². The largest absolute Gasteiger partial charge is 0.368 e. The lowest BCUT2D eigenvalue weighted by molar-refractivity contribution is 0.103. The number of nitrogens with zero attached hydrogens (tertiary/aromatic N) is 5. The first-order valence-electron chi connectivity index (χ1n) is 15.4. The normalized spacial score (nSPS) is 15.2. The SMILES string of the molecule is Cn1cc(-c2cccc(NC(=O)c3cc4c(s3)CCCCC4)c2F)cc(Nc2ccc(N3CCN(CCC#N)CC3)cn2)c1=O. The van der Waals surface area contributed by atoms with Crippen molar-refractivity contribution in [2.24, 2.45) is 7.05 Å². The summed E-state index contributed by atoms with van der Waals surface area (Å²) in [5, 5.41) is 14.7. The molecule has 3 aromatic heterocycles. The second-order valence-electron chi connectivity index (χ2n) is 11.6. The maximum absolute atomic E-state index is 15.9. The zero-order valence-corrected chi connectivity index (χ0v) is 26.1. The zero-order chi connectivity index (χ0) is 31.3. The van der Waals surface area contributed by atoms with Crippen LogP contribution in [0.2, 0.25) is 0 Å². The van der Waals surface area contributed by atoms with Gasteiger partial charge in [-0.2, -0.15) is 5.26 Å². The van der Waals surface area contributed by atoms with Gasteiger partial charge in [-0.3, -0.25) is 14.5 Å². The van der Waals surface area contributed by atoms with Crippen LogP contribution >= 0.6 is 11.3 Å². The van der Waals surface area contributed by atoms with Crippen LogP contribution in [0.25, 0.3) is 11.1 Å². The summed E-state index contributed by atoms with van der Waals surface area (Å²) in [4.78, 5) is 37.1. The summed E-state index contributed by atoms with van der Waals surface area (Å²) >= 11 is 1.50. The molecule has 4 heterocycles. The summed E-state index contributed by atoms with van der Waals surface area (Å²) in [5.41, 5.74) is 3.05. The highest BCUT2D eigenvalue weighted by atomic mass is 32.1. The third-order valence-corrected chi connectivity index (χ3v) is 9.74. The Morgan fingerprint density at radius 2 is 1.89 bits per heavy atom. The molecule has 0 radical (unpaired) electrons. The van der Waals surface area contributed by atoms with Gasteiger partial charge >= 0.3 is 0 Å². The molecule has 2 aliphatic rings. The van der Waals surface area contributed by atoms with Gasteiger partial charge in [0, 0.05) is 68.4 Å². The number of amides is 1. The molecule has 45 heavy (non-hydrogen) atoms. The number of fused-ring (bicyclic) bond motifs is 1. The Labute approximate surface area is 265 Å². The minimum Gasteiger partial charge on any atom is -0.368 e. The maximum Gasteiger partial charge on any atom is 0.274 e. The number of nitrogens with one attached hydrogen (secondary N) is 2. The number of thiophene rings is 1. The van der Waals surface area contributed by atoms with Crippen molar-refractivity contribution in [2.75, 3.05) is 48.3 Å². The average Bonchev–Trinajstić information content (AvgIpc) is 3.34. The van der Waals surface area contributed by atoms with Gasteiger partial charge in [0.25, 0.3) is 11.5 Å². The van der Waals surface area contributed by atoms with E-state index in [-0.39, 0.29) is 28.4 Å². The number of hydrogen-bond donors (Lipinski definition) is 2. The van der Waals surface area contributed by atoms with Gasteiger partial charge in [0.1, 0.15) is 11.5 Å². The first-order valence-corrected chi connectivity index (χ1v) is 16.2. The number of pyridine rings is 2. The molecular weight excluding hydrogens is 589 g/mol. The Balaban J connectivity index is 1.17. The van der Waals surface area contributed by atoms with E-state index in [0.29, 0.717) is 22.7 Å². The standard InChI is InChI=1S/C34H36FN7O2S/c1-40-22-24(26-8-5-9-27(32(26)35)39-33(43)30-20-23-7-3-2-4-10-29(23)45-30)19-28(34(40)44)38-31-12-11-25(21-37-31)42-17-15-41(16-18-42)14-6-13-36/h5,8-9,11-12,19-22H,2-4,6-7,10,14-18H2,1H3,(H,37,38)(H,39,43). The van der Waals surface area contributed by atoms with E-state index in [1.165, 1.54) is 32.8 Å². The number of nitriles is 1. The minimum atomic E-state index is -0.566. The zero-order valence-electron chi connectivity index (χ0n) is 25.3. The van der Waals surface area contributed by atoms with Crippen molar-refractivity contribution in [3.63, 3.8) is 0 Å². The molecule has 1 aliphatic carbocycles. The van der Waals surface area contributed by atoms with Crippen molar-refractivity contribution in [1.82, 2.24) is 14.5 Å². The van der Waals surface area contributed by atoms with E-state index in [9.17, 15) is 9.59 Å². The van der Waals surface area contributed by atoms with Crippen LogP contribution in [0.4, 0.5) is 27.3 Å². The van der Waals surface area contributed by atoms with Crippen LogP contribution in [0.5, 0.6) is 0 Å². The number of carbonyl (C=O) groups is 1. The van der Waals surface area contributed by atoms with E-state index in [0.717, 1.165) is 64.1 Å². The smallest absolute Gasteiger partial charge is 0.274 e. The van der Waals surface area contributed by atoms with Crippen molar-refractivity contribution < 1.29 is 9.18 Å². The number of halogens is 1. The molecule has 0 unspecified atom stereocenters.